The highest BCUT2D eigenvalue weighted by atomic mass is 35.5. The highest BCUT2D eigenvalue weighted by Crippen LogP contribution is 2.26. The first-order valence-corrected chi connectivity index (χ1v) is 7.01. The Morgan fingerprint density at radius 2 is 2.19 bits per heavy atom. The molecule has 0 unspecified atom stereocenters. The predicted molar refractivity (Wildman–Crippen MR) is 78.5 cm³/mol. The van der Waals surface area contributed by atoms with Crippen LogP contribution in [0.2, 0.25) is 5.02 Å². The van der Waals surface area contributed by atoms with Crippen molar-refractivity contribution in [2.45, 2.75) is 32.4 Å². The zero-order chi connectivity index (χ0) is 15.6. The Kier molecular flexibility index (Phi) is 4.47. The third-order valence-electron chi connectivity index (χ3n) is 3.38. The first kappa shape index (κ1) is 15.3. The lowest BCUT2D eigenvalue weighted by atomic mass is 10.1. The zero-order valence-corrected chi connectivity index (χ0v) is 12.3. The van der Waals surface area contributed by atoms with Crippen LogP contribution in [0.4, 0.5) is 5.69 Å². The first-order chi connectivity index (χ1) is 9.93. The van der Waals surface area contributed by atoms with Crippen molar-refractivity contribution < 1.29 is 14.4 Å². The molecule has 0 saturated carbocycles. The average molecular weight is 310 g/mol. The van der Waals surface area contributed by atoms with Crippen molar-refractivity contribution in [1.82, 2.24) is 4.90 Å². The Labute approximate surface area is 127 Å². The minimum absolute atomic E-state index is 0.112. The van der Waals surface area contributed by atoms with Gasteiger partial charge in [0.15, 0.2) is 0 Å². The third kappa shape index (κ3) is 3.16. The van der Waals surface area contributed by atoms with Crippen molar-refractivity contribution in [1.29, 1.82) is 0 Å². The number of halogens is 1. The SMILES string of the molecule is CCC[C@@H](C(N)=O)N1Cc2cc(Cl)ccc2NC(=O)C1=O. The van der Waals surface area contributed by atoms with Gasteiger partial charge in [0.05, 0.1) is 0 Å². The standard InChI is InChI=1S/C14H16ClN3O3/c1-2-3-11(12(16)19)18-7-8-6-9(15)4-5-10(8)17-13(20)14(18)21/h4-6,11H,2-3,7H2,1H3,(H2,16,19)(H,17,20)/t11-/m0/s1. The smallest absolute Gasteiger partial charge is 0.313 e. The molecule has 1 aliphatic rings. The van der Waals surface area contributed by atoms with Crippen molar-refractivity contribution in [2.24, 2.45) is 5.73 Å². The van der Waals surface area contributed by atoms with E-state index < -0.39 is 23.8 Å². The van der Waals surface area contributed by atoms with Crippen LogP contribution in [0.25, 0.3) is 0 Å². The van der Waals surface area contributed by atoms with Crippen LogP contribution in [0, 0.1) is 0 Å². The summed E-state index contributed by atoms with van der Waals surface area (Å²) in [6, 6.07) is 4.11. The maximum absolute atomic E-state index is 12.2. The molecular weight excluding hydrogens is 294 g/mol. The molecule has 1 atom stereocenters. The average Bonchev–Trinajstić information content (AvgIpc) is 2.54. The summed E-state index contributed by atoms with van der Waals surface area (Å²) >= 11 is 5.95. The van der Waals surface area contributed by atoms with Gasteiger partial charge in [-0.2, -0.15) is 0 Å². The molecule has 3 amide bonds. The summed E-state index contributed by atoms with van der Waals surface area (Å²) < 4.78 is 0. The first-order valence-electron chi connectivity index (χ1n) is 6.63. The molecule has 0 saturated heterocycles. The van der Waals surface area contributed by atoms with Gasteiger partial charge in [0.2, 0.25) is 5.91 Å². The van der Waals surface area contributed by atoms with E-state index in [1.165, 1.54) is 4.90 Å². The van der Waals surface area contributed by atoms with E-state index in [2.05, 4.69) is 5.32 Å². The normalized spacial score (nSPS) is 16.0. The van der Waals surface area contributed by atoms with E-state index in [1.807, 2.05) is 6.92 Å². The minimum atomic E-state index is -0.807. The van der Waals surface area contributed by atoms with E-state index in [9.17, 15) is 14.4 Å². The maximum atomic E-state index is 12.2. The van der Waals surface area contributed by atoms with Gasteiger partial charge in [-0.25, -0.2) is 0 Å². The van der Waals surface area contributed by atoms with Crippen LogP contribution in [0.1, 0.15) is 25.3 Å². The van der Waals surface area contributed by atoms with Crippen molar-refractivity contribution in [3.05, 3.63) is 28.8 Å². The van der Waals surface area contributed by atoms with Crippen LogP contribution in [-0.2, 0) is 20.9 Å². The van der Waals surface area contributed by atoms with Gasteiger partial charge in [0.25, 0.3) is 0 Å². The summed E-state index contributed by atoms with van der Waals surface area (Å²) in [6.07, 6.45) is 1.08. The van der Waals surface area contributed by atoms with Crippen LogP contribution in [0.3, 0.4) is 0 Å². The van der Waals surface area contributed by atoms with Crippen molar-refractivity contribution in [3.63, 3.8) is 0 Å². The van der Waals surface area contributed by atoms with Crippen LogP contribution in [0.15, 0.2) is 18.2 Å². The summed E-state index contributed by atoms with van der Waals surface area (Å²) in [4.78, 5) is 36.9. The molecule has 7 heteroatoms. The lowest BCUT2D eigenvalue weighted by Gasteiger charge is -2.27. The summed E-state index contributed by atoms with van der Waals surface area (Å²) in [6.45, 7) is 1.99. The summed E-state index contributed by atoms with van der Waals surface area (Å²) in [7, 11) is 0. The topological polar surface area (TPSA) is 92.5 Å². The molecule has 1 aliphatic heterocycles. The molecule has 0 aliphatic carbocycles. The van der Waals surface area contributed by atoms with Gasteiger partial charge in [0.1, 0.15) is 6.04 Å². The Morgan fingerprint density at radius 3 is 2.81 bits per heavy atom. The quantitative estimate of drug-likeness (QED) is 0.820. The van der Waals surface area contributed by atoms with Crippen molar-refractivity contribution in [2.75, 3.05) is 5.32 Å². The van der Waals surface area contributed by atoms with E-state index >= 15 is 0 Å². The number of fused-ring (bicyclic) bond motifs is 1. The molecule has 0 spiro atoms. The Balaban J connectivity index is 2.43. The summed E-state index contributed by atoms with van der Waals surface area (Å²) in [5, 5.41) is 3.01. The number of benzene rings is 1. The summed E-state index contributed by atoms with van der Waals surface area (Å²) in [5.74, 6) is -2.17. The molecule has 1 aromatic rings. The van der Waals surface area contributed by atoms with Crippen LogP contribution < -0.4 is 11.1 Å². The molecule has 6 nitrogen and oxygen atoms in total. The fourth-order valence-electron chi connectivity index (χ4n) is 2.35. The molecule has 21 heavy (non-hydrogen) atoms. The number of hydrogen-bond donors (Lipinski definition) is 2. The number of carbonyl (C=O) groups is 3. The lowest BCUT2D eigenvalue weighted by Crippen LogP contribution is -2.49. The molecular formula is C14H16ClN3O3. The van der Waals surface area contributed by atoms with E-state index in [4.69, 9.17) is 17.3 Å². The van der Waals surface area contributed by atoms with Crippen molar-refractivity contribution >= 4 is 35.0 Å². The summed E-state index contributed by atoms with van der Waals surface area (Å²) in [5.41, 5.74) is 6.56. The number of hydrogen-bond acceptors (Lipinski definition) is 3. The fraction of sp³-hybridized carbons (Fsp3) is 0.357. The van der Waals surface area contributed by atoms with Crippen LogP contribution in [-0.4, -0.2) is 28.7 Å². The molecule has 0 fully saturated rings. The molecule has 0 radical (unpaired) electrons. The minimum Gasteiger partial charge on any atom is -0.368 e. The number of primary amides is 1. The number of amides is 3. The van der Waals surface area contributed by atoms with Crippen LogP contribution >= 0.6 is 11.6 Å². The Hall–Kier alpha value is -2.08. The molecule has 0 aromatic heterocycles. The highest BCUT2D eigenvalue weighted by Gasteiger charge is 2.34. The van der Waals surface area contributed by atoms with Crippen molar-refractivity contribution in [3.8, 4) is 0 Å². The Bertz CT molecular complexity index is 603. The number of nitrogens with two attached hydrogens (primary N) is 1. The van der Waals surface area contributed by atoms with Gasteiger partial charge in [-0.05, 0) is 30.2 Å². The van der Waals surface area contributed by atoms with E-state index in [0.717, 1.165) is 0 Å². The van der Waals surface area contributed by atoms with Gasteiger partial charge < -0.3 is 16.0 Å². The third-order valence-corrected chi connectivity index (χ3v) is 3.61. The van der Waals surface area contributed by atoms with Gasteiger partial charge >= 0.3 is 11.8 Å². The van der Waals surface area contributed by atoms with Gasteiger partial charge in [0, 0.05) is 17.3 Å². The largest absolute Gasteiger partial charge is 0.368 e. The van der Waals surface area contributed by atoms with Gasteiger partial charge in [-0.1, -0.05) is 24.9 Å². The Morgan fingerprint density at radius 1 is 1.48 bits per heavy atom. The number of nitrogens with zero attached hydrogens (tertiary/aromatic N) is 1. The second kappa shape index (κ2) is 6.13. The maximum Gasteiger partial charge on any atom is 0.313 e. The molecule has 0 bridgehead atoms. The van der Waals surface area contributed by atoms with E-state index in [-0.39, 0.29) is 6.54 Å². The predicted octanol–water partition coefficient (Wildman–Crippen LogP) is 1.27. The molecule has 1 heterocycles. The fourth-order valence-corrected chi connectivity index (χ4v) is 2.55. The number of nitrogens with one attached hydrogen (secondary N) is 1. The lowest BCUT2D eigenvalue weighted by molar-refractivity contribution is -0.147. The number of anilines is 1. The second-order valence-electron chi connectivity index (χ2n) is 4.90. The van der Waals surface area contributed by atoms with Gasteiger partial charge in [-0.3, -0.25) is 14.4 Å². The molecule has 3 N–H and O–H groups in total. The van der Waals surface area contributed by atoms with Gasteiger partial charge in [-0.15, -0.1) is 0 Å². The monoisotopic (exact) mass is 309 g/mol. The zero-order valence-electron chi connectivity index (χ0n) is 11.6. The van der Waals surface area contributed by atoms with E-state index in [0.29, 0.717) is 29.1 Å². The molecule has 1 aromatic carbocycles. The van der Waals surface area contributed by atoms with Crippen LogP contribution in [0.5, 0.6) is 0 Å². The second-order valence-corrected chi connectivity index (χ2v) is 5.33. The molecule has 112 valence electrons. The number of rotatable bonds is 4. The van der Waals surface area contributed by atoms with E-state index in [1.54, 1.807) is 18.2 Å². The molecule has 2 rings (SSSR count). The number of carbonyl (C=O) groups excluding carboxylic acids is 3. The highest BCUT2D eigenvalue weighted by molar-refractivity contribution is 6.40.